The minimum Gasteiger partial charge on any atom is -0.512 e. The molecule has 4 rings (SSSR count). The van der Waals surface area contributed by atoms with Crippen molar-refractivity contribution in [2.45, 2.75) is 174 Å². The fourth-order valence-corrected chi connectivity index (χ4v) is 6.48. The van der Waals surface area contributed by atoms with Crippen molar-refractivity contribution in [3.8, 4) is 0 Å². The van der Waals surface area contributed by atoms with Crippen LogP contribution >= 0.6 is 0 Å². The van der Waals surface area contributed by atoms with Crippen molar-refractivity contribution in [3.63, 3.8) is 0 Å². The minimum absolute atomic E-state index is 0. The van der Waals surface area contributed by atoms with E-state index in [9.17, 15) is 0 Å². The van der Waals surface area contributed by atoms with E-state index in [1.54, 1.807) is 0 Å². The van der Waals surface area contributed by atoms with Crippen LogP contribution in [0.3, 0.4) is 0 Å². The van der Waals surface area contributed by atoms with Crippen LogP contribution in [0, 0.1) is 136 Å². The Kier molecular flexibility index (Phi) is 46.3. The first-order chi connectivity index (χ1) is 25.3. The van der Waals surface area contributed by atoms with Gasteiger partial charge in [0, 0.05) is 26.4 Å². The molecule has 0 bridgehead atoms. The molecule has 7 heteroatoms. The smallest absolute Gasteiger partial charge is 0.512 e. The van der Waals surface area contributed by atoms with Crippen LogP contribution in [0.2, 0.25) is 0 Å². The summed E-state index contributed by atoms with van der Waals surface area (Å²) in [5.74, 6) is 0. The van der Waals surface area contributed by atoms with E-state index in [0.717, 1.165) is 26.4 Å². The van der Waals surface area contributed by atoms with Gasteiger partial charge in [0.2, 0.25) is 0 Å². The number of ether oxygens (including phenoxy) is 2. The fourth-order valence-electron chi connectivity index (χ4n) is 6.48. The van der Waals surface area contributed by atoms with E-state index in [1.165, 1.54) is 163 Å². The Morgan fingerprint density at radius 2 is 0.630 bits per heavy atom. The van der Waals surface area contributed by atoms with Crippen molar-refractivity contribution < 1.29 is 45.1 Å². The van der Waals surface area contributed by atoms with Gasteiger partial charge in [0.1, 0.15) is 0 Å². The molecule has 2 aromatic rings. The molecule has 0 radical (unpaired) electrons. The molecule has 0 amide bonds. The zero-order valence-electron chi connectivity index (χ0n) is 37.7. The predicted octanol–water partition coefficient (Wildman–Crippen LogP) is 12.8. The molecule has 0 N–H and O–H groups in total. The number of rotatable bonds is 12. The Labute approximate surface area is 360 Å². The van der Waals surface area contributed by atoms with Gasteiger partial charge in [-0.15, -0.1) is 0 Å². The molecule has 0 atom stereocenters. The van der Waals surface area contributed by atoms with Crippen LogP contribution < -0.4 is 0 Å². The molecule has 2 aliphatic heterocycles. The first-order valence-corrected chi connectivity index (χ1v) is 20.4. The second-order valence-electron chi connectivity index (χ2n) is 14.5. The Balaban J connectivity index is -0.000000188. The Bertz CT molecular complexity index is 903. The van der Waals surface area contributed by atoms with E-state index >= 15 is 0 Å². The standard InChI is InChI=1S/C16H36N.2C10H15.2C4H8O.3CN.U/c1-5-9-13-17(14-10-6-2,15-11-7-3)16-12-8-4;2*1-6-7(2)9(4)10(5)8(6)3;2*1-2-4-5-3-1;3*1-2;/h5-16H2,1-4H3;2*1-5H3;2*1-4H2;;;;/q+1;2*-1;;;3*-1;+4. The summed E-state index contributed by atoms with van der Waals surface area (Å²) in [5.41, 5.74) is 14.7. The number of quaternary nitrogens is 1. The van der Waals surface area contributed by atoms with E-state index < -0.39 is 0 Å². The van der Waals surface area contributed by atoms with Crippen molar-refractivity contribution in [1.29, 1.82) is 15.8 Å². The molecule has 2 saturated heterocycles. The van der Waals surface area contributed by atoms with E-state index in [-0.39, 0.29) is 31.1 Å². The third-order valence-electron chi connectivity index (χ3n) is 11.2. The summed E-state index contributed by atoms with van der Waals surface area (Å²) >= 11 is 0. The molecule has 0 aromatic heterocycles. The summed E-state index contributed by atoms with van der Waals surface area (Å²) in [6.45, 7) is 55.3. The van der Waals surface area contributed by atoms with Crippen LogP contribution in [0.15, 0.2) is 0 Å². The molecule has 2 aromatic carbocycles. The molecule has 2 fully saturated rings. The van der Waals surface area contributed by atoms with Crippen LogP contribution in [0.1, 0.15) is 160 Å². The molecule has 0 unspecified atom stereocenters. The molecule has 306 valence electrons. The van der Waals surface area contributed by atoms with Crippen molar-refractivity contribution in [3.05, 3.63) is 75.4 Å². The fraction of sp³-hybridized carbons (Fsp3) is 0.723. The van der Waals surface area contributed by atoms with E-state index in [0.29, 0.717) is 0 Å². The van der Waals surface area contributed by atoms with Gasteiger partial charge in [-0.1, -0.05) is 123 Å². The van der Waals surface area contributed by atoms with Gasteiger partial charge in [-0.25, -0.2) is 0 Å². The average molecular weight is 973 g/mol. The maximum Gasteiger partial charge on any atom is 4.00 e. The summed E-state index contributed by atoms with van der Waals surface area (Å²) in [7, 11) is 0. The van der Waals surface area contributed by atoms with Crippen molar-refractivity contribution in [2.24, 2.45) is 0 Å². The number of hydrogen-bond acceptors (Lipinski definition) is 5. The SMILES string of the molecule is C1CCOC1.C1CCOC1.CCCC[N+](CCCC)(CCCC)CCCC.Cc1c(C)c(C)[c-](C)c1C.Cc1c(C)c(C)[c-](C)c1C.[C-]#N.[C-]#N.[C-]#N.[U+4]. The van der Waals surface area contributed by atoms with Crippen LogP contribution in [0.4, 0.5) is 0 Å². The van der Waals surface area contributed by atoms with Crippen LogP contribution in [-0.4, -0.2) is 57.1 Å². The number of unbranched alkanes of at least 4 members (excludes halogenated alkanes) is 4. The third kappa shape index (κ3) is 26.0. The van der Waals surface area contributed by atoms with E-state index in [4.69, 9.17) is 45.0 Å². The van der Waals surface area contributed by atoms with Crippen LogP contribution in [-0.2, 0) is 9.47 Å². The van der Waals surface area contributed by atoms with Gasteiger partial charge in [-0.05, 0) is 51.4 Å². The average Bonchev–Trinajstić information content (AvgIpc) is 4.05. The van der Waals surface area contributed by atoms with Gasteiger partial charge in [0.25, 0.3) is 0 Å². The second-order valence-corrected chi connectivity index (χ2v) is 14.5. The van der Waals surface area contributed by atoms with Crippen LogP contribution in [0.5, 0.6) is 0 Å². The minimum atomic E-state index is 0. The van der Waals surface area contributed by atoms with Gasteiger partial charge in [-0.3, -0.25) is 0 Å². The summed E-state index contributed by atoms with van der Waals surface area (Å²) in [5, 5.41) is 18.8. The first kappa shape index (κ1) is 61.3. The summed E-state index contributed by atoms with van der Waals surface area (Å²) in [4.78, 5) is 0. The van der Waals surface area contributed by atoms with E-state index in [1.807, 2.05) is 0 Å². The molecular weight excluding hydrogens is 891 g/mol. The quantitative estimate of drug-likeness (QED) is 0.156. The monoisotopic (exact) mass is 973 g/mol. The largest absolute Gasteiger partial charge is 4.00 e. The predicted molar refractivity (Wildman–Crippen MR) is 226 cm³/mol. The Morgan fingerprint density at radius 3 is 0.722 bits per heavy atom. The molecule has 2 aliphatic rings. The third-order valence-corrected chi connectivity index (χ3v) is 11.2. The van der Waals surface area contributed by atoms with Gasteiger partial charge in [0.05, 0.1) is 26.2 Å². The topological polar surface area (TPSA) is 89.8 Å². The van der Waals surface area contributed by atoms with Gasteiger partial charge in [0.15, 0.2) is 0 Å². The normalized spacial score (nSPS) is 12.2. The van der Waals surface area contributed by atoms with Gasteiger partial charge >= 0.3 is 31.1 Å². The zero-order chi connectivity index (χ0) is 41.8. The molecule has 2 heterocycles. The van der Waals surface area contributed by atoms with Crippen LogP contribution in [0.25, 0.3) is 0 Å². The Hall–Kier alpha value is -1.90. The maximum absolute atomic E-state index is 6.25. The first-order valence-electron chi connectivity index (χ1n) is 20.4. The molecule has 0 spiro atoms. The van der Waals surface area contributed by atoms with Crippen molar-refractivity contribution in [2.75, 3.05) is 52.6 Å². The van der Waals surface area contributed by atoms with Crippen molar-refractivity contribution >= 4 is 0 Å². The van der Waals surface area contributed by atoms with Gasteiger partial charge < -0.3 is 49.5 Å². The zero-order valence-corrected chi connectivity index (χ0v) is 41.9. The molecule has 6 nitrogen and oxygen atoms in total. The number of nitrogens with zero attached hydrogens (tertiary/aromatic N) is 4. The number of hydrogen-bond donors (Lipinski definition) is 0. The second kappa shape index (κ2) is 40.8. The maximum atomic E-state index is 6.25. The summed E-state index contributed by atoms with van der Waals surface area (Å²) < 4.78 is 11.3. The Morgan fingerprint density at radius 1 is 0.444 bits per heavy atom. The molecule has 0 aliphatic carbocycles. The molecule has 54 heavy (non-hydrogen) atoms. The molecule has 0 saturated carbocycles. The summed E-state index contributed by atoms with van der Waals surface area (Å²) in [6, 6.07) is 0. The van der Waals surface area contributed by atoms with Gasteiger partial charge in [-0.2, -0.15) is 55.6 Å². The van der Waals surface area contributed by atoms with E-state index in [2.05, 4.69) is 96.9 Å². The molecular formula is C47H82N4O2U. The summed E-state index contributed by atoms with van der Waals surface area (Å²) in [6.07, 6.45) is 16.2. The van der Waals surface area contributed by atoms with Crippen molar-refractivity contribution in [1.82, 2.24) is 0 Å².